The van der Waals surface area contributed by atoms with Crippen molar-refractivity contribution in [3.63, 3.8) is 0 Å². The molecular weight excluding hydrogens is 228 g/mol. The minimum atomic E-state index is -0.426. The van der Waals surface area contributed by atoms with Crippen molar-refractivity contribution in [2.45, 2.75) is 77.5 Å². The van der Waals surface area contributed by atoms with Crippen LogP contribution in [0, 0.1) is 0 Å². The summed E-state index contributed by atoms with van der Waals surface area (Å²) in [4.78, 5) is 11.5. The summed E-state index contributed by atoms with van der Waals surface area (Å²) in [5.74, 6) is 0. The molecule has 1 unspecified atom stereocenters. The van der Waals surface area contributed by atoms with Crippen molar-refractivity contribution in [1.82, 2.24) is 10.6 Å². The van der Waals surface area contributed by atoms with Gasteiger partial charge in [0.15, 0.2) is 0 Å². The second kappa shape index (κ2) is 6.98. The Labute approximate surface area is 111 Å². The van der Waals surface area contributed by atoms with E-state index in [1.807, 2.05) is 20.8 Å². The van der Waals surface area contributed by atoms with Gasteiger partial charge in [-0.1, -0.05) is 19.3 Å². The smallest absolute Gasteiger partial charge is 0.407 e. The summed E-state index contributed by atoms with van der Waals surface area (Å²) in [6.07, 6.45) is 6.20. The Kier molecular flexibility index (Phi) is 5.93. The Bertz CT molecular complexity index is 255. The summed E-state index contributed by atoms with van der Waals surface area (Å²) in [5.41, 5.74) is -0.426. The number of alkyl carbamates (subject to hydrolysis) is 1. The second-order valence-electron chi connectivity index (χ2n) is 6.29. The van der Waals surface area contributed by atoms with E-state index in [4.69, 9.17) is 4.74 Å². The molecule has 0 aromatic rings. The van der Waals surface area contributed by atoms with Crippen LogP contribution >= 0.6 is 0 Å². The number of hydrogen-bond donors (Lipinski definition) is 2. The lowest BCUT2D eigenvalue weighted by Crippen LogP contribution is -2.45. The summed E-state index contributed by atoms with van der Waals surface area (Å²) >= 11 is 0. The molecule has 2 N–H and O–H groups in total. The summed E-state index contributed by atoms with van der Waals surface area (Å²) in [6, 6.07) is 0.912. The van der Waals surface area contributed by atoms with Crippen LogP contribution in [0.1, 0.15) is 59.8 Å². The maximum atomic E-state index is 11.5. The lowest BCUT2D eigenvalue weighted by Gasteiger charge is -2.27. The van der Waals surface area contributed by atoms with E-state index in [0.29, 0.717) is 18.6 Å². The molecule has 4 heteroatoms. The predicted octanol–water partition coefficient (Wildman–Crippen LogP) is 2.82. The molecule has 1 fully saturated rings. The third-order valence-electron chi connectivity index (χ3n) is 3.08. The Morgan fingerprint density at radius 1 is 1.28 bits per heavy atom. The van der Waals surface area contributed by atoms with Gasteiger partial charge in [-0.2, -0.15) is 0 Å². The molecule has 0 aromatic carbocycles. The van der Waals surface area contributed by atoms with Gasteiger partial charge in [0.25, 0.3) is 0 Å². The second-order valence-corrected chi connectivity index (χ2v) is 6.29. The standard InChI is InChI=1S/C14H28N2O2/c1-11(16-12-8-6-5-7-9-12)10-15-13(17)18-14(2,3)4/h11-12,16H,5-10H2,1-4H3,(H,15,17). The van der Waals surface area contributed by atoms with Crippen LogP contribution in [0.4, 0.5) is 4.79 Å². The van der Waals surface area contributed by atoms with Crippen LogP contribution in [-0.2, 0) is 4.74 Å². The number of carbonyl (C=O) groups excluding carboxylic acids is 1. The van der Waals surface area contributed by atoms with Crippen LogP contribution in [0.25, 0.3) is 0 Å². The number of rotatable bonds is 4. The molecule has 1 amide bonds. The van der Waals surface area contributed by atoms with Crippen molar-refractivity contribution >= 4 is 6.09 Å². The van der Waals surface area contributed by atoms with E-state index in [1.165, 1.54) is 32.1 Å². The quantitative estimate of drug-likeness (QED) is 0.813. The fraction of sp³-hybridized carbons (Fsp3) is 0.929. The Balaban J connectivity index is 2.16. The summed E-state index contributed by atoms with van der Waals surface area (Å²) in [6.45, 7) is 8.33. The summed E-state index contributed by atoms with van der Waals surface area (Å²) in [5, 5.41) is 6.37. The van der Waals surface area contributed by atoms with Gasteiger partial charge in [0, 0.05) is 18.6 Å². The summed E-state index contributed by atoms with van der Waals surface area (Å²) in [7, 11) is 0. The van der Waals surface area contributed by atoms with Gasteiger partial charge in [-0.25, -0.2) is 4.79 Å². The van der Waals surface area contributed by atoms with E-state index < -0.39 is 5.60 Å². The van der Waals surface area contributed by atoms with E-state index in [-0.39, 0.29) is 6.09 Å². The molecule has 0 aromatic heterocycles. The van der Waals surface area contributed by atoms with Crippen molar-refractivity contribution in [2.75, 3.05) is 6.54 Å². The van der Waals surface area contributed by atoms with Crippen LogP contribution in [0.3, 0.4) is 0 Å². The van der Waals surface area contributed by atoms with E-state index >= 15 is 0 Å². The normalized spacial score (nSPS) is 19.3. The molecule has 1 aliphatic rings. The van der Waals surface area contributed by atoms with E-state index in [2.05, 4.69) is 17.6 Å². The highest BCUT2D eigenvalue weighted by Gasteiger charge is 2.18. The molecule has 1 rings (SSSR count). The largest absolute Gasteiger partial charge is 0.444 e. The first-order valence-electron chi connectivity index (χ1n) is 7.10. The van der Waals surface area contributed by atoms with Gasteiger partial charge in [-0.15, -0.1) is 0 Å². The Morgan fingerprint density at radius 2 is 1.89 bits per heavy atom. The van der Waals surface area contributed by atoms with Crippen LogP contribution in [0.15, 0.2) is 0 Å². The average Bonchev–Trinajstić information content (AvgIpc) is 2.25. The predicted molar refractivity (Wildman–Crippen MR) is 73.7 cm³/mol. The molecule has 0 radical (unpaired) electrons. The van der Waals surface area contributed by atoms with Crippen molar-refractivity contribution in [3.05, 3.63) is 0 Å². The van der Waals surface area contributed by atoms with Crippen LogP contribution < -0.4 is 10.6 Å². The van der Waals surface area contributed by atoms with Gasteiger partial charge in [0.1, 0.15) is 5.60 Å². The lowest BCUT2D eigenvalue weighted by molar-refractivity contribution is 0.0522. The molecule has 0 bridgehead atoms. The molecule has 1 atom stereocenters. The Morgan fingerprint density at radius 3 is 2.44 bits per heavy atom. The third kappa shape index (κ3) is 6.84. The maximum absolute atomic E-state index is 11.5. The van der Waals surface area contributed by atoms with Gasteiger partial charge < -0.3 is 15.4 Å². The first-order valence-corrected chi connectivity index (χ1v) is 7.10. The highest BCUT2D eigenvalue weighted by Crippen LogP contribution is 2.17. The number of hydrogen-bond acceptors (Lipinski definition) is 3. The maximum Gasteiger partial charge on any atom is 0.407 e. The number of carbonyl (C=O) groups is 1. The van der Waals surface area contributed by atoms with E-state index in [9.17, 15) is 4.79 Å². The zero-order valence-corrected chi connectivity index (χ0v) is 12.2. The van der Waals surface area contributed by atoms with Crippen molar-refractivity contribution in [1.29, 1.82) is 0 Å². The number of amides is 1. The molecule has 0 spiro atoms. The van der Waals surface area contributed by atoms with Crippen molar-refractivity contribution in [3.8, 4) is 0 Å². The first-order chi connectivity index (χ1) is 8.37. The van der Waals surface area contributed by atoms with Crippen LogP contribution in [0.2, 0.25) is 0 Å². The van der Waals surface area contributed by atoms with Gasteiger partial charge in [-0.05, 0) is 40.5 Å². The van der Waals surface area contributed by atoms with E-state index in [0.717, 1.165) is 0 Å². The SMILES string of the molecule is CC(CNC(=O)OC(C)(C)C)NC1CCCCC1. The lowest BCUT2D eigenvalue weighted by atomic mass is 9.95. The molecule has 0 saturated heterocycles. The first kappa shape index (κ1) is 15.3. The van der Waals surface area contributed by atoms with Crippen molar-refractivity contribution in [2.24, 2.45) is 0 Å². The van der Waals surface area contributed by atoms with Gasteiger partial charge >= 0.3 is 6.09 Å². The van der Waals surface area contributed by atoms with E-state index in [1.54, 1.807) is 0 Å². The zero-order valence-electron chi connectivity index (χ0n) is 12.2. The minimum absolute atomic E-state index is 0.292. The van der Waals surface area contributed by atoms with Crippen LogP contribution in [0.5, 0.6) is 0 Å². The summed E-state index contributed by atoms with van der Waals surface area (Å²) < 4.78 is 5.20. The van der Waals surface area contributed by atoms with Gasteiger partial charge in [0.2, 0.25) is 0 Å². The number of ether oxygens (including phenoxy) is 1. The molecule has 0 heterocycles. The van der Waals surface area contributed by atoms with Crippen molar-refractivity contribution < 1.29 is 9.53 Å². The molecule has 4 nitrogen and oxygen atoms in total. The van der Waals surface area contributed by atoms with Gasteiger partial charge in [0.05, 0.1) is 0 Å². The highest BCUT2D eigenvalue weighted by molar-refractivity contribution is 5.67. The third-order valence-corrected chi connectivity index (χ3v) is 3.08. The van der Waals surface area contributed by atoms with Crippen LogP contribution in [-0.4, -0.2) is 30.3 Å². The monoisotopic (exact) mass is 256 g/mol. The molecular formula is C14H28N2O2. The van der Waals surface area contributed by atoms with Gasteiger partial charge in [-0.3, -0.25) is 0 Å². The highest BCUT2D eigenvalue weighted by atomic mass is 16.6. The molecule has 18 heavy (non-hydrogen) atoms. The fourth-order valence-electron chi connectivity index (χ4n) is 2.28. The molecule has 1 saturated carbocycles. The average molecular weight is 256 g/mol. The molecule has 1 aliphatic carbocycles. The topological polar surface area (TPSA) is 50.4 Å². The zero-order chi connectivity index (χ0) is 13.6. The fourth-order valence-corrected chi connectivity index (χ4v) is 2.28. The Hall–Kier alpha value is -0.770. The molecule has 106 valence electrons. The number of nitrogens with one attached hydrogen (secondary N) is 2. The molecule has 0 aliphatic heterocycles. The minimum Gasteiger partial charge on any atom is -0.444 e.